The van der Waals surface area contributed by atoms with Gasteiger partial charge in [-0.05, 0) is 12.1 Å². The lowest BCUT2D eigenvalue weighted by molar-refractivity contribution is 0.0320. The first kappa shape index (κ1) is 27.0. The van der Waals surface area contributed by atoms with Crippen molar-refractivity contribution < 1.29 is 23.7 Å². The molecule has 1 N–H and O–H groups in total. The van der Waals surface area contributed by atoms with Crippen LogP contribution in [-0.4, -0.2) is 76.8 Å². The zero-order chi connectivity index (χ0) is 26.2. The van der Waals surface area contributed by atoms with Gasteiger partial charge in [-0.3, -0.25) is 9.88 Å². The number of hydrogen-bond acceptors (Lipinski definition) is 9. The molecule has 1 aliphatic heterocycles. The molecule has 3 aromatic rings. The Labute approximate surface area is 225 Å². The molecule has 0 atom stereocenters. The molecule has 0 saturated carbocycles. The smallest absolute Gasteiger partial charge is 0.163 e. The van der Waals surface area contributed by atoms with Gasteiger partial charge in [-0.25, -0.2) is 0 Å². The van der Waals surface area contributed by atoms with Crippen LogP contribution in [0.3, 0.4) is 0 Å². The van der Waals surface area contributed by atoms with Gasteiger partial charge < -0.3 is 29.0 Å². The van der Waals surface area contributed by atoms with Crippen LogP contribution in [0.2, 0.25) is 10.0 Å². The first-order valence-corrected chi connectivity index (χ1v) is 12.5. The Morgan fingerprint density at radius 3 is 2.49 bits per heavy atom. The lowest BCUT2D eigenvalue weighted by Crippen LogP contribution is -2.38. The van der Waals surface area contributed by atoms with Gasteiger partial charge in [0.25, 0.3) is 0 Å². The molecule has 9 nitrogen and oxygen atoms in total. The molecule has 1 fully saturated rings. The molecule has 1 saturated heterocycles. The van der Waals surface area contributed by atoms with E-state index in [9.17, 15) is 5.26 Å². The summed E-state index contributed by atoms with van der Waals surface area (Å²) in [5, 5.41) is 14.5. The molecule has 11 heteroatoms. The summed E-state index contributed by atoms with van der Waals surface area (Å²) in [4.78, 5) is 6.76. The number of halogens is 2. The molecule has 196 valence electrons. The van der Waals surface area contributed by atoms with Crippen LogP contribution in [0.25, 0.3) is 10.9 Å². The number of methoxy groups -OCH3 is 2. The summed E-state index contributed by atoms with van der Waals surface area (Å²) in [5.41, 5.74) is 2.01. The molecule has 0 bridgehead atoms. The van der Waals surface area contributed by atoms with E-state index in [0.29, 0.717) is 75.0 Å². The maximum absolute atomic E-state index is 9.83. The highest BCUT2D eigenvalue weighted by molar-refractivity contribution is 6.37. The summed E-state index contributed by atoms with van der Waals surface area (Å²) in [5.74, 6) is 1.53. The Morgan fingerprint density at radius 1 is 1.00 bits per heavy atom. The summed E-state index contributed by atoms with van der Waals surface area (Å²) < 4.78 is 28.0. The third-order valence-electron chi connectivity index (χ3n) is 5.87. The molecule has 0 radical (unpaired) electrons. The van der Waals surface area contributed by atoms with Crippen LogP contribution < -0.4 is 19.5 Å². The minimum absolute atomic E-state index is 0.338. The van der Waals surface area contributed by atoms with Gasteiger partial charge in [0.2, 0.25) is 0 Å². The molecule has 0 unspecified atom stereocenters. The highest BCUT2D eigenvalue weighted by Gasteiger charge is 2.18. The number of hydrogen-bond donors (Lipinski definition) is 1. The zero-order valence-electron chi connectivity index (χ0n) is 20.7. The lowest BCUT2D eigenvalue weighted by Gasteiger charge is -2.26. The van der Waals surface area contributed by atoms with Crippen LogP contribution in [0.1, 0.15) is 5.56 Å². The fourth-order valence-corrected chi connectivity index (χ4v) is 4.41. The van der Waals surface area contributed by atoms with Crippen molar-refractivity contribution in [1.29, 1.82) is 5.26 Å². The van der Waals surface area contributed by atoms with Crippen molar-refractivity contribution in [3.8, 4) is 23.3 Å². The van der Waals surface area contributed by atoms with Crippen LogP contribution in [-0.2, 0) is 9.47 Å². The van der Waals surface area contributed by atoms with Crippen LogP contribution >= 0.6 is 23.2 Å². The van der Waals surface area contributed by atoms with Gasteiger partial charge >= 0.3 is 0 Å². The standard InChI is InChI=1S/C26H28Cl2N4O5/c1-33-9-10-37-25-13-21-18(11-24(25)36-8-5-32-3-6-35-7-4-32)26(17(15-29)16-30-21)31-22-14-23(34-2)20(28)12-19(22)27/h11-14,16H,3-10H2,1-2H3,(H,30,31). The fourth-order valence-electron chi connectivity index (χ4n) is 3.91. The highest BCUT2D eigenvalue weighted by Crippen LogP contribution is 2.40. The molecular formula is C26H28Cl2N4O5. The van der Waals surface area contributed by atoms with Crippen molar-refractivity contribution >= 4 is 45.5 Å². The second kappa shape index (κ2) is 13.0. The first-order valence-electron chi connectivity index (χ1n) is 11.8. The molecule has 1 aliphatic rings. The largest absolute Gasteiger partial charge is 0.495 e. The minimum Gasteiger partial charge on any atom is -0.495 e. The Balaban J connectivity index is 1.70. The molecular weight excluding hydrogens is 519 g/mol. The third kappa shape index (κ3) is 6.66. The van der Waals surface area contributed by atoms with Crippen LogP contribution in [0.15, 0.2) is 30.5 Å². The molecule has 1 aromatic heterocycles. The third-order valence-corrected chi connectivity index (χ3v) is 6.48. The van der Waals surface area contributed by atoms with Gasteiger partial charge in [0.1, 0.15) is 25.0 Å². The van der Waals surface area contributed by atoms with Crippen molar-refractivity contribution in [2.24, 2.45) is 0 Å². The molecule has 0 spiro atoms. The minimum atomic E-state index is 0.338. The summed E-state index contributed by atoms with van der Waals surface area (Å²) in [6, 6.07) is 9.09. The number of nitrogens with zero attached hydrogens (tertiary/aromatic N) is 3. The SMILES string of the molecule is COCCOc1cc2ncc(C#N)c(Nc3cc(OC)c(Cl)cc3Cl)c2cc1OCCN1CCOCC1. The van der Waals surface area contributed by atoms with Crippen molar-refractivity contribution in [2.45, 2.75) is 0 Å². The van der Waals surface area contributed by atoms with E-state index in [1.807, 2.05) is 6.07 Å². The molecule has 2 heterocycles. The second-order valence-electron chi connectivity index (χ2n) is 8.21. The first-order chi connectivity index (χ1) is 18.0. The fraction of sp³-hybridized carbons (Fsp3) is 0.385. The maximum atomic E-state index is 9.83. The zero-order valence-corrected chi connectivity index (χ0v) is 22.2. The summed E-state index contributed by atoms with van der Waals surface area (Å²) in [7, 11) is 3.14. The van der Waals surface area contributed by atoms with Gasteiger partial charge in [-0.1, -0.05) is 23.2 Å². The van der Waals surface area contributed by atoms with Crippen LogP contribution in [0.5, 0.6) is 17.2 Å². The Hall–Kier alpha value is -3.00. The van der Waals surface area contributed by atoms with Crippen molar-refractivity contribution in [3.63, 3.8) is 0 Å². The summed E-state index contributed by atoms with van der Waals surface area (Å²) in [6.45, 7) is 5.16. The van der Waals surface area contributed by atoms with Gasteiger partial charge in [0.15, 0.2) is 11.5 Å². The topological polar surface area (TPSA) is 98.1 Å². The quantitative estimate of drug-likeness (QED) is 0.336. The van der Waals surface area contributed by atoms with E-state index >= 15 is 0 Å². The molecule has 0 amide bonds. The number of anilines is 2. The molecule has 37 heavy (non-hydrogen) atoms. The predicted octanol–water partition coefficient (Wildman–Crippen LogP) is 4.90. The number of morpholine rings is 1. The second-order valence-corrected chi connectivity index (χ2v) is 9.02. The van der Waals surface area contributed by atoms with Gasteiger partial charge in [0, 0.05) is 50.5 Å². The van der Waals surface area contributed by atoms with Crippen molar-refractivity contribution in [3.05, 3.63) is 46.1 Å². The van der Waals surface area contributed by atoms with Crippen LogP contribution in [0.4, 0.5) is 11.4 Å². The Kier molecular flexibility index (Phi) is 9.50. The monoisotopic (exact) mass is 546 g/mol. The number of rotatable bonds is 11. The number of ether oxygens (including phenoxy) is 5. The molecule has 2 aromatic carbocycles. The van der Waals surface area contributed by atoms with E-state index < -0.39 is 0 Å². The number of aromatic nitrogens is 1. The van der Waals surface area contributed by atoms with E-state index in [4.69, 9.17) is 46.9 Å². The number of benzene rings is 2. The van der Waals surface area contributed by atoms with E-state index in [2.05, 4.69) is 21.3 Å². The van der Waals surface area contributed by atoms with Gasteiger partial charge in [-0.2, -0.15) is 5.26 Å². The highest BCUT2D eigenvalue weighted by atomic mass is 35.5. The summed E-state index contributed by atoms with van der Waals surface area (Å²) in [6.07, 6.45) is 1.50. The molecule has 0 aliphatic carbocycles. The Morgan fingerprint density at radius 2 is 1.76 bits per heavy atom. The van der Waals surface area contributed by atoms with Gasteiger partial charge in [-0.15, -0.1) is 0 Å². The average Bonchev–Trinajstić information content (AvgIpc) is 2.91. The summed E-state index contributed by atoms with van der Waals surface area (Å²) >= 11 is 12.7. The van der Waals surface area contributed by atoms with E-state index in [-0.39, 0.29) is 0 Å². The lowest BCUT2D eigenvalue weighted by atomic mass is 10.1. The number of nitriles is 1. The van der Waals surface area contributed by atoms with Crippen molar-refractivity contribution in [2.75, 3.05) is 72.2 Å². The van der Waals surface area contributed by atoms with E-state index in [1.54, 1.807) is 25.3 Å². The van der Waals surface area contributed by atoms with Crippen LogP contribution in [0, 0.1) is 11.3 Å². The normalized spacial score (nSPS) is 13.8. The average molecular weight is 547 g/mol. The maximum Gasteiger partial charge on any atom is 0.163 e. The Bertz CT molecular complexity index is 1280. The number of nitrogens with one attached hydrogen (secondary N) is 1. The van der Waals surface area contributed by atoms with Gasteiger partial charge in [0.05, 0.1) is 59.4 Å². The van der Waals surface area contributed by atoms with E-state index in [1.165, 1.54) is 13.3 Å². The number of fused-ring (bicyclic) bond motifs is 1. The molecule has 4 rings (SSSR count). The number of pyridine rings is 1. The van der Waals surface area contributed by atoms with Crippen molar-refractivity contribution in [1.82, 2.24) is 9.88 Å². The predicted molar refractivity (Wildman–Crippen MR) is 143 cm³/mol. The van der Waals surface area contributed by atoms with E-state index in [0.717, 1.165) is 32.8 Å².